The molecule has 0 amide bonds. The first-order chi connectivity index (χ1) is 14.0. The van der Waals surface area contributed by atoms with Crippen molar-refractivity contribution in [2.75, 3.05) is 25.0 Å². The normalized spacial score (nSPS) is 14.9. The first-order valence-electron chi connectivity index (χ1n) is 9.75. The molecule has 1 aromatic carbocycles. The number of pyridine rings is 1. The molecule has 2 aromatic heterocycles. The summed E-state index contributed by atoms with van der Waals surface area (Å²) in [6.07, 6.45) is 7.18. The fourth-order valence-electron chi connectivity index (χ4n) is 3.53. The lowest BCUT2D eigenvalue weighted by Crippen LogP contribution is -2.28. The van der Waals surface area contributed by atoms with Crippen LogP contribution in [0.4, 0.5) is 5.82 Å². The van der Waals surface area contributed by atoms with Gasteiger partial charge in [-0.15, -0.1) is 0 Å². The van der Waals surface area contributed by atoms with E-state index in [1.165, 1.54) is 16.1 Å². The van der Waals surface area contributed by atoms with Crippen LogP contribution in [-0.4, -0.2) is 47.6 Å². The average molecular weight is 412 g/mol. The molecular weight excluding hydrogens is 386 g/mol. The van der Waals surface area contributed by atoms with Crippen LogP contribution in [0.25, 0.3) is 0 Å². The van der Waals surface area contributed by atoms with Crippen molar-refractivity contribution in [3.05, 3.63) is 72.2 Å². The van der Waals surface area contributed by atoms with E-state index in [1.54, 1.807) is 12.1 Å². The van der Waals surface area contributed by atoms with Crippen molar-refractivity contribution in [3.8, 4) is 0 Å². The molecule has 1 saturated heterocycles. The third-order valence-electron chi connectivity index (χ3n) is 5.11. The SMILES string of the molecule is CN(Cc1cnn(Cc2ccccc2)c1)c1ccc(S(=O)(=O)N2CCCC2)cn1. The molecule has 0 aliphatic carbocycles. The van der Waals surface area contributed by atoms with Crippen molar-refractivity contribution in [2.45, 2.75) is 30.8 Å². The van der Waals surface area contributed by atoms with Gasteiger partial charge in [-0.1, -0.05) is 30.3 Å². The zero-order chi connectivity index (χ0) is 20.3. The van der Waals surface area contributed by atoms with Crippen molar-refractivity contribution in [1.29, 1.82) is 0 Å². The summed E-state index contributed by atoms with van der Waals surface area (Å²) < 4.78 is 28.7. The topological polar surface area (TPSA) is 71.3 Å². The Bertz CT molecular complexity index is 1040. The third-order valence-corrected chi connectivity index (χ3v) is 6.99. The summed E-state index contributed by atoms with van der Waals surface area (Å²) in [4.78, 5) is 6.62. The van der Waals surface area contributed by atoms with Crippen LogP contribution in [0.15, 0.2) is 66.0 Å². The van der Waals surface area contributed by atoms with Gasteiger partial charge in [-0.25, -0.2) is 13.4 Å². The molecular formula is C21H25N5O2S. The average Bonchev–Trinajstić information content (AvgIpc) is 3.42. The van der Waals surface area contributed by atoms with E-state index in [2.05, 4.69) is 22.2 Å². The summed E-state index contributed by atoms with van der Waals surface area (Å²) in [7, 11) is -1.49. The number of benzene rings is 1. The smallest absolute Gasteiger partial charge is 0.244 e. The predicted octanol–water partition coefficient (Wildman–Crippen LogP) is 2.75. The number of aromatic nitrogens is 3. The summed E-state index contributed by atoms with van der Waals surface area (Å²) in [5, 5.41) is 4.43. The fourth-order valence-corrected chi connectivity index (χ4v) is 4.99. The lowest BCUT2D eigenvalue weighted by atomic mass is 10.2. The maximum atomic E-state index is 12.6. The number of rotatable bonds is 7. The van der Waals surface area contributed by atoms with Gasteiger partial charge in [0.1, 0.15) is 10.7 Å². The van der Waals surface area contributed by atoms with Gasteiger partial charge in [0.2, 0.25) is 10.0 Å². The highest BCUT2D eigenvalue weighted by molar-refractivity contribution is 7.89. The highest BCUT2D eigenvalue weighted by Gasteiger charge is 2.27. The molecule has 0 spiro atoms. The second kappa shape index (κ2) is 8.34. The Balaban J connectivity index is 1.40. The maximum absolute atomic E-state index is 12.6. The van der Waals surface area contributed by atoms with Crippen LogP contribution in [0.5, 0.6) is 0 Å². The van der Waals surface area contributed by atoms with Crippen LogP contribution in [0.2, 0.25) is 0 Å². The molecule has 1 fully saturated rings. The van der Waals surface area contributed by atoms with Crippen LogP contribution in [0, 0.1) is 0 Å². The van der Waals surface area contributed by atoms with E-state index in [-0.39, 0.29) is 4.90 Å². The molecule has 152 valence electrons. The summed E-state index contributed by atoms with van der Waals surface area (Å²) >= 11 is 0. The van der Waals surface area contributed by atoms with E-state index >= 15 is 0 Å². The highest BCUT2D eigenvalue weighted by Crippen LogP contribution is 2.22. The lowest BCUT2D eigenvalue weighted by molar-refractivity contribution is 0.477. The predicted molar refractivity (Wildman–Crippen MR) is 112 cm³/mol. The van der Waals surface area contributed by atoms with Gasteiger partial charge >= 0.3 is 0 Å². The molecule has 0 radical (unpaired) electrons. The van der Waals surface area contributed by atoms with Crippen LogP contribution < -0.4 is 4.90 Å². The summed E-state index contributed by atoms with van der Waals surface area (Å²) in [6.45, 7) is 2.56. The molecule has 0 N–H and O–H groups in total. The number of hydrogen-bond donors (Lipinski definition) is 0. The minimum Gasteiger partial charge on any atom is -0.355 e. The van der Waals surface area contributed by atoms with E-state index in [0.717, 1.165) is 30.8 Å². The number of anilines is 1. The van der Waals surface area contributed by atoms with Gasteiger partial charge in [-0.3, -0.25) is 4.68 Å². The monoisotopic (exact) mass is 411 g/mol. The molecule has 1 aliphatic heterocycles. The highest BCUT2D eigenvalue weighted by atomic mass is 32.2. The molecule has 0 atom stereocenters. The van der Waals surface area contributed by atoms with E-state index in [1.807, 2.05) is 47.2 Å². The zero-order valence-corrected chi connectivity index (χ0v) is 17.3. The molecule has 0 bridgehead atoms. The Labute approximate surface area is 171 Å². The van der Waals surface area contributed by atoms with E-state index in [4.69, 9.17) is 0 Å². The van der Waals surface area contributed by atoms with Crippen LogP contribution in [-0.2, 0) is 23.1 Å². The Hall–Kier alpha value is -2.71. The van der Waals surface area contributed by atoms with Gasteiger partial charge < -0.3 is 4.90 Å². The van der Waals surface area contributed by atoms with E-state index < -0.39 is 10.0 Å². The molecule has 0 unspecified atom stereocenters. The quantitative estimate of drug-likeness (QED) is 0.598. The number of sulfonamides is 1. The van der Waals surface area contributed by atoms with E-state index in [0.29, 0.717) is 19.6 Å². The van der Waals surface area contributed by atoms with Crippen molar-refractivity contribution >= 4 is 15.8 Å². The second-order valence-electron chi connectivity index (χ2n) is 7.35. The van der Waals surface area contributed by atoms with Gasteiger partial charge in [-0.2, -0.15) is 9.40 Å². The Morgan fingerprint density at radius 2 is 1.76 bits per heavy atom. The molecule has 8 heteroatoms. The molecule has 4 rings (SSSR count). The summed E-state index contributed by atoms with van der Waals surface area (Å²) in [5.41, 5.74) is 2.27. The Morgan fingerprint density at radius 1 is 1.00 bits per heavy atom. The van der Waals surface area contributed by atoms with E-state index in [9.17, 15) is 8.42 Å². The third kappa shape index (κ3) is 4.49. The fraction of sp³-hybridized carbons (Fsp3) is 0.333. The van der Waals surface area contributed by atoms with Gasteiger partial charge in [0.05, 0.1) is 12.7 Å². The minimum absolute atomic E-state index is 0.257. The molecule has 29 heavy (non-hydrogen) atoms. The van der Waals surface area contributed by atoms with Crippen molar-refractivity contribution < 1.29 is 8.42 Å². The van der Waals surface area contributed by atoms with Gasteiger partial charge in [-0.05, 0) is 30.5 Å². The Morgan fingerprint density at radius 3 is 2.45 bits per heavy atom. The van der Waals surface area contributed by atoms with Gasteiger partial charge in [0, 0.05) is 44.6 Å². The van der Waals surface area contributed by atoms with Crippen LogP contribution in [0.1, 0.15) is 24.0 Å². The standard InChI is InChI=1S/C21H25N5O2S/c1-24(15-19-13-23-25(17-19)16-18-7-3-2-4-8-18)21-10-9-20(14-22-21)29(27,28)26-11-5-6-12-26/h2-4,7-10,13-14,17H,5-6,11-12,15-16H2,1H3. The first-order valence-corrected chi connectivity index (χ1v) is 11.2. The van der Waals surface area contributed by atoms with Crippen LogP contribution in [0.3, 0.4) is 0 Å². The summed E-state index contributed by atoms with van der Waals surface area (Å²) in [5.74, 6) is 0.723. The molecule has 1 aliphatic rings. The number of nitrogens with zero attached hydrogens (tertiary/aromatic N) is 5. The van der Waals surface area contributed by atoms with Crippen molar-refractivity contribution in [1.82, 2.24) is 19.1 Å². The van der Waals surface area contributed by atoms with Gasteiger partial charge in [0.15, 0.2) is 0 Å². The maximum Gasteiger partial charge on any atom is 0.244 e. The molecule has 3 aromatic rings. The van der Waals surface area contributed by atoms with Crippen LogP contribution >= 0.6 is 0 Å². The molecule has 3 heterocycles. The zero-order valence-electron chi connectivity index (χ0n) is 16.5. The first kappa shape index (κ1) is 19.6. The molecule has 0 saturated carbocycles. The molecule has 7 nitrogen and oxygen atoms in total. The minimum atomic E-state index is -3.43. The lowest BCUT2D eigenvalue weighted by Gasteiger charge is -2.19. The largest absolute Gasteiger partial charge is 0.355 e. The summed E-state index contributed by atoms with van der Waals surface area (Å²) in [6, 6.07) is 13.6. The van der Waals surface area contributed by atoms with Crippen molar-refractivity contribution in [3.63, 3.8) is 0 Å². The number of hydrogen-bond acceptors (Lipinski definition) is 5. The Kier molecular flexibility index (Phi) is 5.64. The van der Waals surface area contributed by atoms with Crippen molar-refractivity contribution in [2.24, 2.45) is 0 Å². The second-order valence-corrected chi connectivity index (χ2v) is 9.29. The van der Waals surface area contributed by atoms with Gasteiger partial charge in [0.25, 0.3) is 0 Å².